The number of halogens is 1. The van der Waals surface area contributed by atoms with Gasteiger partial charge in [0.25, 0.3) is 0 Å². The maximum Gasteiger partial charge on any atom is 0.243 e. The van der Waals surface area contributed by atoms with Crippen molar-refractivity contribution in [2.24, 2.45) is 0 Å². The highest BCUT2D eigenvalue weighted by atomic mass is 32.2. The van der Waals surface area contributed by atoms with Gasteiger partial charge >= 0.3 is 0 Å². The van der Waals surface area contributed by atoms with Crippen molar-refractivity contribution >= 4 is 23.6 Å². The fourth-order valence-corrected chi connectivity index (χ4v) is 5.03. The van der Waals surface area contributed by atoms with Crippen molar-refractivity contribution in [3.05, 3.63) is 71.5 Å². The number of thioether (sulfide) groups is 1. The lowest BCUT2D eigenvalue weighted by Gasteiger charge is -2.32. The molecule has 0 aromatic heterocycles. The molecule has 32 heavy (non-hydrogen) atoms. The molecule has 4 nitrogen and oxygen atoms in total. The normalized spacial score (nSPS) is 15.2. The van der Waals surface area contributed by atoms with Gasteiger partial charge in [0, 0.05) is 18.3 Å². The summed E-state index contributed by atoms with van der Waals surface area (Å²) in [4.78, 5) is 28.1. The lowest BCUT2D eigenvalue weighted by molar-refractivity contribution is -0.139. The molecule has 1 atom stereocenters. The van der Waals surface area contributed by atoms with E-state index in [0.717, 1.165) is 36.8 Å². The minimum absolute atomic E-state index is 0.0489. The van der Waals surface area contributed by atoms with Crippen LogP contribution in [0.2, 0.25) is 0 Å². The van der Waals surface area contributed by atoms with E-state index in [1.165, 1.54) is 30.3 Å². The van der Waals surface area contributed by atoms with Crippen LogP contribution in [0.1, 0.15) is 56.6 Å². The molecule has 2 amide bonds. The third kappa shape index (κ3) is 7.37. The van der Waals surface area contributed by atoms with E-state index >= 15 is 0 Å². The number of hydrogen-bond acceptors (Lipinski definition) is 3. The van der Waals surface area contributed by atoms with Crippen LogP contribution >= 0.6 is 11.8 Å². The Morgan fingerprint density at radius 3 is 2.38 bits per heavy atom. The molecule has 6 heteroatoms. The molecule has 0 aliphatic heterocycles. The highest BCUT2D eigenvalue weighted by Gasteiger charge is 2.30. The molecule has 2 aromatic carbocycles. The molecule has 0 saturated heterocycles. The van der Waals surface area contributed by atoms with E-state index in [4.69, 9.17) is 0 Å². The van der Waals surface area contributed by atoms with Crippen LogP contribution < -0.4 is 5.32 Å². The largest absolute Gasteiger partial charge is 0.352 e. The zero-order chi connectivity index (χ0) is 22.8. The van der Waals surface area contributed by atoms with Gasteiger partial charge in [-0.25, -0.2) is 4.39 Å². The monoisotopic (exact) mass is 456 g/mol. The summed E-state index contributed by atoms with van der Waals surface area (Å²) in [7, 11) is 0. The van der Waals surface area contributed by atoms with E-state index in [-0.39, 0.29) is 29.4 Å². The quantitative estimate of drug-likeness (QED) is 0.527. The van der Waals surface area contributed by atoms with Gasteiger partial charge in [-0.3, -0.25) is 9.59 Å². The maximum atomic E-state index is 13.3. The molecule has 3 rings (SSSR count). The first-order valence-electron chi connectivity index (χ1n) is 11.5. The summed E-state index contributed by atoms with van der Waals surface area (Å²) in [6.07, 6.45) is 6.13. The van der Waals surface area contributed by atoms with Crippen LogP contribution in [0, 0.1) is 5.82 Å². The van der Waals surface area contributed by atoms with Gasteiger partial charge in [-0.2, -0.15) is 0 Å². The van der Waals surface area contributed by atoms with Crippen LogP contribution in [0.3, 0.4) is 0 Å². The summed E-state index contributed by atoms with van der Waals surface area (Å²) in [6.45, 7) is 2.37. The van der Waals surface area contributed by atoms with Crippen LogP contribution in [0.25, 0.3) is 0 Å². The molecular formula is C26H33FN2O2S. The third-order valence-corrected chi connectivity index (χ3v) is 6.93. The van der Waals surface area contributed by atoms with Gasteiger partial charge in [0.1, 0.15) is 11.9 Å². The van der Waals surface area contributed by atoms with E-state index in [1.54, 1.807) is 17.0 Å². The fourth-order valence-electron chi connectivity index (χ4n) is 4.16. The zero-order valence-corrected chi connectivity index (χ0v) is 19.6. The minimum Gasteiger partial charge on any atom is -0.352 e. The number of nitrogens with zero attached hydrogens (tertiary/aromatic N) is 1. The van der Waals surface area contributed by atoms with Crippen molar-refractivity contribution < 1.29 is 14.0 Å². The SMILES string of the molecule is CC[C@@H](C(=O)NC1CCCCC1)N(Cc1ccccc1)C(=O)CSCc1ccc(F)cc1. The zero-order valence-electron chi connectivity index (χ0n) is 18.8. The second kappa shape index (κ2) is 12.6. The second-order valence-electron chi connectivity index (χ2n) is 8.39. The van der Waals surface area contributed by atoms with Crippen LogP contribution in [-0.4, -0.2) is 34.6 Å². The molecule has 1 aliphatic carbocycles. The number of carbonyl (C=O) groups is 2. The lowest BCUT2D eigenvalue weighted by atomic mass is 9.95. The Labute approximate surface area is 195 Å². The number of benzene rings is 2. The summed E-state index contributed by atoms with van der Waals surface area (Å²) >= 11 is 1.49. The minimum atomic E-state index is -0.490. The van der Waals surface area contributed by atoms with Crippen molar-refractivity contribution in [1.82, 2.24) is 10.2 Å². The van der Waals surface area contributed by atoms with Crippen molar-refractivity contribution in [2.45, 2.75) is 69.8 Å². The molecule has 172 valence electrons. The van der Waals surface area contributed by atoms with Gasteiger partial charge in [0.15, 0.2) is 0 Å². The van der Waals surface area contributed by atoms with Crippen LogP contribution in [0.4, 0.5) is 4.39 Å². The first-order chi connectivity index (χ1) is 15.6. The average molecular weight is 457 g/mol. The second-order valence-corrected chi connectivity index (χ2v) is 9.38. The Hall–Kier alpha value is -2.34. The summed E-state index contributed by atoms with van der Waals surface area (Å²) in [6, 6.07) is 15.9. The molecular weight excluding hydrogens is 423 g/mol. The predicted molar refractivity (Wildman–Crippen MR) is 129 cm³/mol. The van der Waals surface area contributed by atoms with Crippen molar-refractivity contribution in [1.29, 1.82) is 0 Å². The van der Waals surface area contributed by atoms with Crippen molar-refractivity contribution in [2.75, 3.05) is 5.75 Å². The molecule has 0 spiro atoms. The molecule has 1 N–H and O–H groups in total. The summed E-state index contributed by atoms with van der Waals surface area (Å²) in [5.74, 6) is 0.533. The number of nitrogens with one attached hydrogen (secondary N) is 1. The number of carbonyl (C=O) groups excluding carboxylic acids is 2. The summed E-state index contributed by atoms with van der Waals surface area (Å²) in [5.41, 5.74) is 1.98. The van der Waals surface area contributed by atoms with E-state index in [0.29, 0.717) is 18.7 Å². The molecule has 0 bridgehead atoms. The van der Waals surface area contributed by atoms with E-state index in [9.17, 15) is 14.0 Å². The van der Waals surface area contributed by atoms with E-state index in [2.05, 4.69) is 5.32 Å². The average Bonchev–Trinajstić information content (AvgIpc) is 2.81. The number of rotatable bonds is 10. The van der Waals surface area contributed by atoms with Gasteiger partial charge < -0.3 is 10.2 Å². The topological polar surface area (TPSA) is 49.4 Å². The van der Waals surface area contributed by atoms with Gasteiger partial charge in [0.05, 0.1) is 5.75 Å². The Morgan fingerprint density at radius 2 is 1.72 bits per heavy atom. The molecule has 0 radical (unpaired) electrons. The maximum absolute atomic E-state index is 13.3. The smallest absolute Gasteiger partial charge is 0.243 e. The van der Waals surface area contributed by atoms with E-state index < -0.39 is 6.04 Å². The standard InChI is InChI=1S/C26H33FN2O2S/c1-2-24(26(31)28-23-11-7-4-8-12-23)29(17-20-9-5-3-6-10-20)25(30)19-32-18-21-13-15-22(27)16-14-21/h3,5-6,9-10,13-16,23-24H,2,4,7-8,11-12,17-19H2,1H3,(H,28,31)/t24-/m0/s1. The van der Waals surface area contributed by atoms with Crippen molar-refractivity contribution in [3.63, 3.8) is 0 Å². The van der Waals surface area contributed by atoms with Crippen LogP contribution in [0.5, 0.6) is 0 Å². The Morgan fingerprint density at radius 1 is 1.03 bits per heavy atom. The molecule has 0 heterocycles. The molecule has 1 fully saturated rings. The molecule has 0 unspecified atom stereocenters. The summed E-state index contributed by atoms with van der Waals surface area (Å²) < 4.78 is 13.1. The highest BCUT2D eigenvalue weighted by Crippen LogP contribution is 2.20. The Kier molecular flexibility index (Phi) is 9.60. The van der Waals surface area contributed by atoms with Gasteiger partial charge in [-0.15, -0.1) is 11.8 Å². The first kappa shape index (κ1) is 24.3. The lowest BCUT2D eigenvalue weighted by Crippen LogP contribution is -2.52. The predicted octanol–water partition coefficient (Wildman–Crippen LogP) is 5.32. The van der Waals surface area contributed by atoms with Gasteiger partial charge in [0.2, 0.25) is 11.8 Å². The van der Waals surface area contributed by atoms with E-state index in [1.807, 2.05) is 37.3 Å². The highest BCUT2D eigenvalue weighted by molar-refractivity contribution is 7.99. The first-order valence-corrected chi connectivity index (χ1v) is 12.7. The third-order valence-electron chi connectivity index (χ3n) is 5.94. The fraction of sp³-hybridized carbons (Fsp3) is 0.462. The number of hydrogen-bond donors (Lipinski definition) is 1. The van der Waals surface area contributed by atoms with Crippen LogP contribution in [0.15, 0.2) is 54.6 Å². The van der Waals surface area contributed by atoms with Crippen molar-refractivity contribution in [3.8, 4) is 0 Å². The number of amides is 2. The van der Waals surface area contributed by atoms with Gasteiger partial charge in [-0.05, 0) is 42.5 Å². The Balaban J connectivity index is 1.66. The Bertz CT molecular complexity index is 854. The molecule has 1 saturated carbocycles. The molecule has 2 aromatic rings. The molecule has 1 aliphatic rings. The van der Waals surface area contributed by atoms with Crippen LogP contribution in [-0.2, 0) is 21.9 Å². The van der Waals surface area contributed by atoms with Gasteiger partial charge in [-0.1, -0.05) is 68.7 Å². The summed E-state index contributed by atoms with van der Waals surface area (Å²) in [5, 5.41) is 3.20.